The number of rotatable bonds is 6. The van der Waals surface area contributed by atoms with Crippen LogP contribution in [-0.2, 0) is 0 Å². The van der Waals surface area contributed by atoms with E-state index in [2.05, 4.69) is 40.8 Å². The van der Waals surface area contributed by atoms with Crippen molar-refractivity contribution in [2.45, 2.75) is 26.3 Å². The van der Waals surface area contributed by atoms with E-state index in [0.717, 1.165) is 24.7 Å². The molecule has 1 heterocycles. The third-order valence-corrected chi connectivity index (χ3v) is 3.22. The van der Waals surface area contributed by atoms with Crippen molar-refractivity contribution < 1.29 is 4.74 Å². The number of aromatic nitrogens is 2. The standard InChI is InChI=1S/C15H21N3O/c1-4-9-16-15-17-10-11-18(15)12(2)13-5-7-14(19-3)8-6-13/h5-8,10-12H,4,9H2,1-3H3,(H,16,17). The van der Waals surface area contributed by atoms with Gasteiger partial charge in [-0.1, -0.05) is 19.1 Å². The molecular weight excluding hydrogens is 238 g/mol. The van der Waals surface area contributed by atoms with Crippen LogP contribution in [0.3, 0.4) is 0 Å². The molecule has 0 aliphatic carbocycles. The van der Waals surface area contributed by atoms with E-state index in [1.54, 1.807) is 7.11 Å². The van der Waals surface area contributed by atoms with Crippen LogP contribution >= 0.6 is 0 Å². The lowest BCUT2D eigenvalue weighted by atomic mass is 10.1. The van der Waals surface area contributed by atoms with Gasteiger partial charge < -0.3 is 14.6 Å². The van der Waals surface area contributed by atoms with Gasteiger partial charge >= 0.3 is 0 Å². The molecule has 0 fully saturated rings. The van der Waals surface area contributed by atoms with E-state index in [9.17, 15) is 0 Å². The molecule has 102 valence electrons. The molecule has 0 aliphatic heterocycles. The van der Waals surface area contributed by atoms with Gasteiger partial charge in [-0.3, -0.25) is 0 Å². The fourth-order valence-electron chi connectivity index (χ4n) is 2.04. The van der Waals surface area contributed by atoms with Crippen LogP contribution in [0.4, 0.5) is 5.95 Å². The van der Waals surface area contributed by atoms with Crippen LogP contribution in [0, 0.1) is 0 Å². The molecule has 0 bridgehead atoms. The molecule has 0 aliphatic rings. The number of nitrogens with zero attached hydrogens (tertiary/aromatic N) is 2. The first-order valence-corrected chi connectivity index (χ1v) is 6.67. The molecule has 1 aromatic heterocycles. The molecule has 4 heteroatoms. The highest BCUT2D eigenvalue weighted by molar-refractivity contribution is 5.33. The number of benzene rings is 1. The number of imidazole rings is 1. The normalized spacial score (nSPS) is 12.2. The van der Waals surface area contributed by atoms with Crippen LogP contribution in [0.2, 0.25) is 0 Å². The minimum atomic E-state index is 0.243. The van der Waals surface area contributed by atoms with E-state index in [0.29, 0.717) is 0 Å². The average molecular weight is 259 g/mol. The van der Waals surface area contributed by atoms with Crippen molar-refractivity contribution in [2.24, 2.45) is 0 Å². The topological polar surface area (TPSA) is 39.1 Å². The highest BCUT2D eigenvalue weighted by Crippen LogP contribution is 2.23. The monoisotopic (exact) mass is 259 g/mol. The Balaban J connectivity index is 2.18. The SMILES string of the molecule is CCCNc1nccn1C(C)c1ccc(OC)cc1. The molecule has 1 unspecified atom stereocenters. The molecule has 0 radical (unpaired) electrons. The number of ether oxygens (including phenoxy) is 1. The predicted molar refractivity (Wildman–Crippen MR) is 77.8 cm³/mol. The van der Waals surface area contributed by atoms with Gasteiger partial charge in [0.05, 0.1) is 13.2 Å². The summed E-state index contributed by atoms with van der Waals surface area (Å²) in [6.45, 7) is 5.25. The summed E-state index contributed by atoms with van der Waals surface area (Å²) >= 11 is 0. The largest absolute Gasteiger partial charge is 0.497 e. The summed E-state index contributed by atoms with van der Waals surface area (Å²) in [7, 11) is 1.68. The maximum atomic E-state index is 5.18. The van der Waals surface area contributed by atoms with Gasteiger partial charge in [0.15, 0.2) is 0 Å². The van der Waals surface area contributed by atoms with Crippen LogP contribution in [-0.4, -0.2) is 23.2 Å². The molecule has 19 heavy (non-hydrogen) atoms. The molecule has 0 spiro atoms. The van der Waals surface area contributed by atoms with Crippen LogP contribution in [0.5, 0.6) is 5.75 Å². The molecule has 0 saturated carbocycles. The van der Waals surface area contributed by atoms with Crippen molar-refractivity contribution in [1.29, 1.82) is 0 Å². The minimum Gasteiger partial charge on any atom is -0.497 e. The number of hydrogen-bond donors (Lipinski definition) is 1. The van der Waals surface area contributed by atoms with Crippen molar-refractivity contribution in [3.05, 3.63) is 42.2 Å². The Morgan fingerprint density at radius 1 is 1.32 bits per heavy atom. The summed E-state index contributed by atoms with van der Waals surface area (Å²) in [5.41, 5.74) is 1.23. The summed E-state index contributed by atoms with van der Waals surface area (Å²) in [5, 5.41) is 3.34. The van der Waals surface area contributed by atoms with Crippen LogP contribution in [0.15, 0.2) is 36.7 Å². The van der Waals surface area contributed by atoms with Crippen molar-refractivity contribution in [3.63, 3.8) is 0 Å². The molecule has 0 amide bonds. The molecule has 1 N–H and O–H groups in total. The Morgan fingerprint density at radius 3 is 2.68 bits per heavy atom. The Bertz CT molecular complexity index is 504. The number of nitrogens with one attached hydrogen (secondary N) is 1. The summed E-state index contributed by atoms with van der Waals surface area (Å²) < 4.78 is 7.34. The van der Waals surface area contributed by atoms with Crippen LogP contribution in [0.25, 0.3) is 0 Å². The zero-order valence-electron chi connectivity index (χ0n) is 11.8. The summed E-state index contributed by atoms with van der Waals surface area (Å²) in [4.78, 5) is 4.36. The van der Waals surface area contributed by atoms with Gasteiger partial charge in [0.25, 0.3) is 0 Å². The lowest BCUT2D eigenvalue weighted by Gasteiger charge is -2.17. The Labute approximate surface area is 114 Å². The van der Waals surface area contributed by atoms with E-state index in [-0.39, 0.29) is 6.04 Å². The van der Waals surface area contributed by atoms with Crippen LogP contribution < -0.4 is 10.1 Å². The fraction of sp³-hybridized carbons (Fsp3) is 0.400. The van der Waals surface area contributed by atoms with E-state index in [4.69, 9.17) is 4.74 Å². The van der Waals surface area contributed by atoms with Gasteiger partial charge in [0.1, 0.15) is 5.75 Å². The van der Waals surface area contributed by atoms with Crippen molar-refractivity contribution in [1.82, 2.24) is 9.55 Å². The molecule has 4 nitrogen and oxygen atoms in total. The number of hydrogen-bond acceptors (Lipinski definition) is 3. The Hall–Kier alpha value is -1.97. The predicted octanol–water partition coefficient (Wildman–Crippen LogP) is 3.32. The average Bonchev–Trinajstić information content (AvgIpc) is 2.92. The van der Waals surface area contributed by atoms with E-state index in [1.165, 1.54) is 5.56 Å². The summed E-state index contributed by atoms with van der Waals surface area (Å²) in [6.07, 6.45) is 4.93. The van der Waals surface area contributed by atoms with Gasteiger partial charge in [-0.25, -0.2) is 4.98 Å². The molecule has 2 aromatic rings. The van der Waals surface area contributed by atoms with E-state index < -0.39 is 0 Å². The second kappa shape index (κ2) is 6.27. The maximum absolute atomic E-state index is 5.18. The third kappa shape index (κ3) is 3.08. The lowest BCUT2D eigenvalue weighted by molar-refractivity contribution is 0.414. The summed E-state index contributed by atoms with van der Waals surface area (Å²) in [6, 6.07) is 8.40. The number of anilines is 1. The van der Waals surface area contributed by atoms with E-state index in [1.807, 2.05) is 24.5 Å². The molecular formula is C15H21N3O. The third-order valence-electron chi connectivity index (χ3n) is 3.22. The van der Waals surface area contributed by atoms with Gasteiger partial charge in [-0.2, -0.15) is 0 Å². The van der Waals surface area contributed by atoms with E-state index >= 15 is 0 Å². The van der Waals surface area contributed by atoms with Crippen molar-refractivity contribution in [2.75, 3.05) is 19.0 Å². The number of methoxy groups -OCH3 is 1. The fourth-order valence-corrected chi connectivity index (χ4v) is 2.04. The van der Waals surface area contributed by atoms with Gasteiger partial charge in [0, 0.05) is 18.9 Å². The second-order valence-corrected chi connectivity index (χ2v) is 4.53. The molecule has 1 aromatic carbocycles. The first-order chi connectivity index (χ1) is 9.26. The van der Waals surface area contributed by atoms with Crippen molar-refractivity contribution in [3.8, 4) is 5.75 Å². The second-order valence-electron chi connectivity index (χ2n) is 4.53. The first kappa shape index (κ1) is 13.5. The minimum absolute atomic E-state index is 0.243. The van der Waals surface area contributed by atoms with Gasteiger partial charge in [-0.15, -0.1) is 0 Å². The van der Waals surface area contributed by atoms with Gasteiger partial charge in [0.2, 0.25) is 5.95 Å². The summed E-state index contributed by atoms with van der Waals surface area (Å²) in [5.74, 6) is 1.80. The quantitative estimate of drug-likeness (QED) is 0.865. The lowest BCUT2D eigenvalue weighted by Crippen LogP contribution is -2.12. The Morgan fingerprint density at radius 2 is 2.05 bits per heavy atom. The first-order valence-electron chi connectivity index (χ1n) is 6.67. The zero-order valence-corrected chi connectivity index (χ0v) is 11.8. The maximum Gasteiger partial charge on any atom is 0.203 e. The van der Waals surface area contributed by atoms with Gasteiger partial charge in [-0.05, 0) is 31.0 Å². The Kier molecular flexibility index (Phi) is 4.44. The molecule has 0 saturated heterocycles. The van der Waals surface area contributed by atoms with Crippen LogP contribution in [0.1, 0.15) is 31.9 Å². The zero-order chi connectivity index (χ0) is 13.7. The van der Waals surface area contributed by atoms with Crippen molar-refractivity contribution >= 4 is 5.95 Å². The smallest absolute Gasteiger partial charge is 0.203 e. The highest BCUT2D eigenvalue weighted by Gasteiger charge is 2.11. The molecule has 2 rings (SSSR count). The molecule has 1 atom stereocenters. The highest BCUT2D eigenvalue weighted by atomic mass is 16.5.